The molecule has 9 heteroatoms. The summed E-state index contributed by atoms with van der Waals surface area (Å²) in [6.45, 7) is 1.55. The molecule has 2 N–H and O–H groups in total. The van der Waals surface area contributed by atoms with Crippen LogP contribution in [0.2, 0.25) is 10.0 Å². The number of methoxy groups -OCH3 is 1. The van der Waals surface area contributed by atoms with E-state index >= 15 is 0 Å². The van der Waals surface area contributed by atoms with E-state index in [4.69, 9.17) is 32.7 Å². The van der Waals surface area contributed by atoms with Crippen LogP contribution in [0.15, 0.2) is 36.4 Å². The van der Waals surface area contributed by atoms with Crippen molar-refractivity contribution in [2.45, 2.75) is 13.5 Å². The molecular weight excluding hydrogens is 395 g/mol. The summed E-state index contributed by atoms with van der Waals surface area (Å²) in [4.78, 5) is 23.5. The van der Waals surface area contributed by atoms with Gasteiger partial charge in [-0.1, -0.05) is 41.4 Å². The molecule has 0 saturated carbocycles. The number of nitrogens with one attached hydrogen (secondary N) is 1. The van der Waals surface area contributed by atoms with Gasteiger partial charge in [0.2, 0.25) is 0 Å². The van der Waals surface area contributed by atoms with E-state index in [9.17, 15) is 14.8 Å². The maximum absolute atomic E-state index is 11.9. The first-order chi connectivity index (χ1) is 12.9. The first-order valence-electron chi connectivity index (χ1n) is 7.93. The number of esters is 1. The Morgan fingerprint density at radius 2 is 1.89 bits per heavy atom. The smallest absolute Gasteiger partial charge is 0.434 e. The van der Waals surface area contributed by atoms with E-state index < -0.39 is 12.1 Å². The zero-order chi connectivity index (χ0) is 20.0. The van der Waals surface area contributed by atoms with Crippen LogP contribution in [0, 0.1) is 0 Å². The van der Waals surface area contributed by atoms with Gasteiger partial charge < -0.3 is 14.8 Å². The Kier molecular flexibility index (Phi) is 7.29. The lowest BCUT2D eigenvalue weighted by Crippen LogP contribution is -2.27. The summed E-state index contributed by atoms with van der Waals surface area (Å²) in [7, 11) is 1.28. The Labute approximate surface area is 166 Å². The Hall–Kier alpha value is -2.48. The van der Waals surface area contributed by atoms with Crippen LogP contribution in [0.4, 0.5) is 16.2 Å². The van der Waals surface area contributed by atoms with Crippen LogP contribution in [0.1, 0.15) is 22.8 Å². The first-order valence-corrected chi connectivity index (χ1v) is 8.69. The highest BCUT2D eigenvalue weighted by atomic mass is 35.5. The average molecular weight is 413 g/mol. The molecule has 0 aromatic heterocycles. The van der Waals surface area contributed by atoms with Crippen molar-refractivity contribution in [2.75, 3.05) is 19.0 Å². The molecule has 27 heavy (non-hydrogen) atoms. The zero-order valence-electron chi connectivity index (χ0n) is 14.7. The molecule has 0 bridgehead atoms. The number of anilines is 2. The third kappa shape index (κ3) is 5.03. The fraction of sp³-hybridized carbons (Fsp3) is 0.222. The number of carbonyl (C=O) groups is 2. The lowest BCUT2D eigenvalue weighted by molar-refractivity contribution is -0.0800. The lowest BCUT2D eigenvalue weighted by atomic mass is 10.1. The van der Waals surface area contributed by atoms with Gasteiger partial charge in [-0.25, -0.2) is 9.59 Å². The SMILES string of the molecule is CCOC(=O)N(O)Cc1ccc(Cl)c(Nc2ccccc2C(=O)OC)c1Cl. The predicted molar refractivity (Wildman–Crippen MR) is 102 cm³/mol. The van der Waals surface area contributed by atoms with E-state index in [0.717, 1.165) is 0 Å². The second kappa shape index (κ2) is 9.45. The molecule has 144 valence electrons. The fourth-order valence-corrected chi connectivity index (χ4v) is 2.80. The zero-order valence-corrected chi connectivity index (χ0v) is 16.2. The molecule has 2 aromatic carbocycles. The standard InChI is InChI=1S/C18H18Cl2N2O5/c1-3-27-18(24)22(25)10-11-8-9-13(19)16(15(11)20)21-14-7-5-4-6-12(14)17(23)26-2/h4-9,21,25H,3,10H2,1-2H3. The van der Waals surface area contributed by atoms with Crippen molar-refractivity contribution >= 4 is 46.6 Å². The van der Waals surface area contributed by atoms with E-state index in [2.05, 4.69) is 5.32 Å². The van der Waals surface area contributed by atoms with Crippen molar-refractivity contribution < 1.29 is 24.3 Å². The molecular formula is C18H18Cl2N2O5. The van der Waals surface area contributed by atoms with Crippen molar-refractivity contribution in [2.24, 2.45) is 0 Å². The number of hydroxylamine groups is 2. The lowest BCUT2D eigenvalue weighted by Gasteiger charge is -2.18. The predicted octanol–water partition coefficient (Wildman–Crippen LogP) is 4.87. The highest BCUT2D eigenvalue weighted by Crippen LogP contribution is 2.36. The Balaban J connectivity index is 2.34. The number of hydrogen-bond acceptors (Lipinski definition) is 6. The van der Waals surface area contributed by atoms with Crippen LogP contribution in [0.5, 0.6) is 0 Å². The number of amides is 1. The summed E-state index contributed by atoms with van der Waals surface area (Å²) in [6, 6.07) is 9.82. The van der Waals surface area contributed by atoms with E-state index in [1.807, 2.05) is 0 Å². The molecule has 0 saturated heterocycles. The quantitative estimate of drug-likeness (QED) is 0.399. The molecule has 0 unspecified atom stereocenters. The average Bonchev–Trinajstić information content (AvgIpc) is 2.67. The number of hydrogen-bond donors (Lipinski definition) is 2. The molecule has 7 nitrogen and oxygen atoms in total. The summed E-state index contributed by atoms with van der Waals surface area (Å²) in [6.07, 6.45) is -0.894. The highest BCUT2D eigenvalue weighted by molar-refractivity contribution is 6.39. The van der Waals surface area contributed by atoms with Crippen molar-refractivity contribution in [3.05, 3.63) is 57.6 Å². The minimum Gasteiger partial charge on any atom is -0.465 e. The van der Waals surface area contributed by atoms with Gasteiger partial charge in [-0.3, -0.25) is 5.21 Å². The summed E-state index contributed by atoms with van der Waals surface area (Å²) < 4.78 is 9.49. The molecule has 0 heterocycles. The normalized spacial score (nSPS) is 10.3. The van der Waals surface area contributed by atoms with Crippen LogP contribution < -0.4 is 5.32 Å². The van der Waals surface area contributed by atoms with Gasteiger partial charge in [-0.05, 0) is 30.7 Å². The highest BCUT2D eigenvalue weighted by Gasteiger charge is 2.19. The maximum atomic E-state index is 11.9. The number of para-hydroxylation sites is 1. The first kappa shape index (κ1) is 20.8. The van der Waals surface area contributed by atoms with Crippen molar-refractivity contribution in [1.29, 1.82) is 0 Å². The van der Waals surface area contributed by atoms with Gasteiger partial charge in [-0.15, -0.1) is 0 Å². The van der Waals surface area contributed by atoms with Crippen molar-refractivity contribution in [1.82, 2.24) is 5.06 Å². The van der Waals surface area contributed by atoms with Gasteiger partial charge in [0.05, 0.1) is 47.2 Å². The van der Waals surface area contributed by atoms with Gasteiger partial charge in [0.15, 0.2) is 0 Å². The topological polar surface area (TPSA) is 88.1 Å². The number of rotatable bonds is 6. The Bertz CT molecular complexity index is 844. The van der Waals surface area contributed by atoms with Gasteiger partial charge in [0, 0.05) is 0 Å². The Morgan fingerprint density at radius 3 is 2.56 bits per heavy atom. The minimum atomic E-state index is -0.894. The van der Waals surface area contributed by atoms with E-state index in [1.54, 1.807) is 43.3 Å². The van der Waals surface area contributed by atoms with Gasteiger partial charge >= 0.3 is 12.1 Å². The van der Waals surface area contributed by atoms with Gasteiger partial charge in [0.1, 0.15) is 0 Å². The van der Waals surface area contributed by atoms with Crippen LogP contribution in [-0.4, -0.2) is 36.0 Å². The maximum Gasteiger partial charge on any atom is 0.434 e. The molecule has 0 aliphatic rings. The van der Waals surface area contributed by atoms with Crippen LogP contribution in [-0.2, 0) is 16.0 Å². The molecule has 0 fully saturated rings. The number of ether oxygens (including phenoxy) is 2. The van der Waals surface area contributed by atoms with E-state index in [-0.39, 0.29) is 18.2 Å². The second-order valence-corrected chi connectivity index (χ2v) is 6.10. The largest absolute Gasteiger partial charge is 0.465 e. The molecule has 1 amide bonds. The molecule has 0 atom stereocenters. The van der Waals surface area contributed by atoms with Crippen LogP contribution in [0.25, 0.3) is 0 Å². The van der Waals surface area contributed by atoms with E-state index in [1.165, 1.54) is 7.11 Å². The number of benzene rings is 2. The van der Waals surface area contributed by atoms with E-state index in [0.29, 0.717) is 32.6 Å². The number of carbonyl (C=O) groups excluding carboxylic acids is 2. The summed E-state index contributed by atoms with van der Waals surface area (Å²) in [5, 5.41) is 13.7. The Morgan fingerprint density at radius 1 is 1.19 bits per heavy atom. The monoisotopic (exact) mass is 412 g/mol. The number of halogens is 2. The minimum absolute atomic E-state index is 0.126. The molecule has 0 spiro atoms. The summed E-state index contributed by atoms with van der Waals surface area (Å²) >= 11 is 12.6. The molecule has 2 aromatic rings. The van der Waals surface area contributed by atoms with Crippen LogP contribution in [0.3, 0.4) is 0 Å². The van der Waals surface area contributed by atoms with Crippen molar-refractivity contribution in [3.8, 4) is 0 Å². The third-order valence-electron chi connectivity index (χ3n) is 3.56. The second-order valence-electron chi connectivity index (χ2n) is 5.31. The van der Waals surface area contributed by atoms with Crippen LogP contribution >= 0.6 is 23.2 Å². The molecule has 0 aliphatic heterocycles. The summed E-state index contributed by atoms with van der Waals surface area (Å²) in [5.41, 5.74) is 1.49. The number of nitrogens with zero attached hydrogens (tertiary/aromatic N) is 1. The molecule has 2 rings (SSSR count). The fourth-order valence-electron chi connectivity index (χ4n) is 2.27. The molecule has 0 radical (unpaired) electrons. The third-order valence-corrected chi connectivity index (χ3v) is 4.31. The summed E-state index contributed by atoms with van der Waals surface area (Å²) in [5.74, 6) is -0.523. The van der Waals surface area contributed by atoms with Gasteiger partial charge in [0.25, 0.3) is 0 Å². The van der Waals surface area contributed by atoms with Gasteiger partial charge in [-0.2, -0.15) is 5.06 Å². The molecule has 0 aliphatic carbocycles. The van der Waals surface area contributed by atoms with Crippen molar-refractivity contribution in [3.63, 3.8) is 0 Å².